The molecule has 0 spiro atoms. The number of nitrogens with one attached hydrogen (secondary N) is 1. The summed E-state index contributed by atoms with van der Waals surface area (Å²) in [6.07, 6.45) is 9.69. The number of nitrogens with zero attached hydrogens (tertiary/aromatic N) is 1. The Hall–Kier alpha value is -0.570. The fourth-order valence-electron chi connectivity index (χ4n) is 2.78. The maximum atomic E-state index is 11.5. The van der Waals surface area contributed by atoms with Gasteiger partial charge in [-0.25, -0.2) is 0 Å². The van der Waals surface area contributed by atoms with Gasteiger partial charge in [-0.15, -0.1) is 0 Å². The first-order valence-corrected chi connectivity index (χ1v) is 7.77. The second-order valence-electron chi connectivity index (χ2n) is 6.09. The van der Waals surface area contributed by atoms with Crippen molar-refractivity contribution in [2.75, 3.05) is 26.2 Å². The highest BCUT2D eigenvalue weighted by atomic mass is 16.2. The van der Waals surface area contributed by atoms with Crippen molar-refractivity contribution in [3.63, 3.8) is 0 Å². The summed E-state index contributed by atoms with van der Waals surface area (Å²) in [5.41, 5.74) is 0. The molecule has 1 saturated heterocycles. The molecule has 3 fully saturated rings. The van der Waals surface area contributed by atoms with Gasteiger partial charge in [-0.3, -0.25) is 4.79 Å². The molecule has 3 aliphatic rings. The summed E-state index contributed by atoms with van der Waals surface area (Å²) in [6.45, 7) is 6.13. The highest BCUT2D eigenvalue weighted by Gasteiger charge is 2.33. The van der Waals surface area contributed by atoms with Crippen LogP contribution in [0.4, 0.5) is 0 Å². The minimum absolute atomic E-state index is 0.395. The molecule has 0 aromatic heterocycles. The highest BCUT2D eigenvalue weighted by Crippen LogP contribution is 2.30. The highest BCUT2D eigenvalue weighted by molar-refractivity contribution is 5.81. The smallest absolute Gasteiger partial charge is 0.225 e. The Balaban J connectivity index is 0.000000149. The number of carbonyl (C=O) groups excluding carboxylic acids is 1. The van der Waals surface area contributed by atoms with E-state index in [1.165, 1.54) is 32.1 Å². The Kier molecular flexibility index (Phi) is 5.48. The Morgan fingerprint density at radius 2 is 1.61 bits per heavy atom. The van der Waals surface area contributed by atoms with Crippen LogP contribution < -0.4 is 5.32 Å². The first kappa shape index (κ1) is 13.9. The van der Waals surface area contributed by atoms with Crippen LogP contribution >= 0.6 is 0 Å². The Labute approximate surface area is 111 Å². The molecule has 2 aliphatic carbocycles. The zero-order valence-corrected chi connectivity index (χ0v) is 11.8. The molecule has 2 saturated carbocycles. The molecule has 1 aliphatic heterocycles. The van der Waals surface area contributed by atoms with E-state index < -0.39 is 0 Å². The van der Waals surface area contributed by atoms with E-state index in [-0.39, 0.29) is 0 Å². The van der Waals surface area contributed by atoms with Crippen LogP contribution in [0.25, 0.3) is 0 Å². The molecule has 3 nitrogen and oxygen atoms in total. The predicted molar refractivity (Wildman–Crippen MR) is 74.4 cm³/mol. The summed E-state index contributed by atoms with van der Waals surface area (Å²) in [5.74, 6) is 1.83. The van der Waals surface area contributed by atoms with Crippen LogP contribution in [0.15, 0.2) is 0 Å². The van der Waals surface area contributed by atoms with Crippen LogP contribution in [0.5, 0.6) is 0 Å². The fraction of sp³-hybridized carbons (Fsp3) is 0.933. The Bertz CT molecular complexity index is 251. The van der Waals surface area contributed by atoms with Crippen molar-refractivity contribution in [3.05, 3.63) is 0 Å². The van der Waals surface area contributed by atoms with Crippen LogP contribution in [-0.4, -0.2) is 37.0 Å². The molecule has 1 amide bonds. The van der Waals surface area contributed by atoms with Crippen molar-refractivity contribution >= 4 is 5.91 Å². The van der Waals surface area contributed by atoms with Crippen molar-refractivity contribution in [1.29, 1.82) is 0 Å². The van der Waals surface area contributed by atoms with Gasteiger partial charge in [0.05, 0.1) is 0 Å². The van der Waals surface area contributed by atoms with E-state index in [2.05, 4.69) is 12.2 Å². The van der Waals surface area contributed by atoms with E-state index in [1.807, 2.05) is 4.90 Å². The molecule has 0 atom stereocenters. The quantitative estimate of drug-likeness (QED) is 0.777. The molecular formula is C15H28N2O. The van der Waals surface area contributed by atoms with Gasteiger partial charge >= 0.3 is 0 Å². The van der Waals surface area contributed by atoms with Gasteiger partial charge in [0.2, 0.25) is 5.91 Å². The normalized spacial score (nSPS) is 25.3. The molecule has 1 heterocycles. The number of hydrogen-bond donors (Lipinski definition) is 1. The lowest BCUT2D eigenvalue weighted by Gasteiger charge is -2.27. The number of rotatable bonds is 1. The van der Waals surface area contributed by atoms with Crippen molar-refractivity contribution in [1.82, 2.24) is 10.2 Å². The molecule has 3 heteroatoms. The van der Waals surface area contributed by atoms with Gasteiger partial charge in [0.15, 0.2) is 0 Å². The standard InChI is InChI=1S/C8H14N2O.C7H14/c11-8(7-1-2-7)10-5-3-9-4-6-10;1-7-5-3-2-4-6-7/h7,9H,1-6H2;7H,2-6H2,1H3. The zero-order chi connectivity index (χ0) is 12.8. The molecule has 0 aromatic carbocycles. The summed E-state index contributed by atoms with van der Waals surface area (Å²) in [6, 6.07) is 0. The molecule has 0 aromatic rings. The number of amides is 1. The Morgan fingerprint density at radius 1 is 1.00 bits per heavy atom. The van der Waals surface area contributed by atoms with Crippen LogP contribution in [0.1, 0.15) is 51.9 Å². The van der Waals surface area contributed by atoms with Crippen molar-refractivity contribution in [2.45, 2.75) is 51.9 Å². The summed E-state index contributed by atoms with van der Waals surface area (Å²) in [4.78, 5) is 13.5. The van der Waals surface area contributed by atoms with E-state index in [9.17, 15) is 4.79 Å². The van der Waals surface area contributed by atoms with Crippen molar-refractivity contribution in [2.24, 2.45) is 11.8 Å². The average molecular weight is 252 g/mol. The van der Waals surface area contributed by atoms with Crippen LogP contribution in [0, 0.1) is 11.8 Å². The summed E-state index contributed by atoms with van der Waals surface area (Å²) in [7, 11) is 0. The lowest BCUT2D eigenvalue weighted by atomic mass is 9.91. The van der Waals surface area contributed by atoms with Crippen LogP contribution in [0.3, 0.4) is 0 Å². The van der Waals surface area contributed by atoms with E-state index in [0.717, 1.165) is 44.9 Å². The molecule has 0 unspecified atom stereocenters. The summed E-state index contributed by atoms with van der Waals surface area (Å²) in [5, 5.41) is 3.24. The van der Waals surface area contributed by atoms with Crippen molar-refractivity contribution in [3.8, 4) is 0 Å². The van der Waals surface area contributed by atoms with Gasteiger partial charge in [0.1, 0.15) is 0 Å². The van der Waals surface area contributed by atoms with Gasteiger partial charge in [-0.05, 0) is 18.8 Å². The molecule has 0 radical (unpaired) electrons. The second-order valence-corrected chi connectivity index (χ2v) is 6.09. The van der Waals surface area contributed by atoms with Crippen LogP contribution in [-0.2, 0) is 4.79 Å². The SMILES string of the molecule is CC1CCCCC1.O=C(C1CC1)N1CCNCC1. The molecule has 3 rings (SSSR count). The average Bonchev–Trinajstić information content (AvgIpc) is 3.25. The zero-order valence-electron chi connectivity index (χ0n) is 11.8. The largest absolute Gasteiger partial charge is 0.340 e. The Morgan fingerprint density at radius 3 is 2.06 bits per heavy atom. The van der Waals surface area contributed by atoms with Gasteiger partial charge in [0.25, 0.3) is 0 Å². The minimum Gasteiger partial charge on any atom is -0.340 e. The molecular weight excluding hydrogens is 224 g/mol. The van der Waals surface area contributed by atoms with E-state index >= 15 is 0 Å². The third-order valence-corrected chi connectivity index (χ3v) is 4.25. The lowest BCUT2D eigenvalue weighted by Crippen LogP contribution is -2.46. The van der Waals surface area contributed by atoms with Gasteiger partial charge in [0, 0.05) is 32.1 Å². The van der Waals surface area contributed by atoms with Gasteiger partial charge in [-0.2, -0.15) is 0 Å². The third-order valence-electron chi connectivity index (χ3n) is 4.25. The first-order chi connectivity index (χ1) is 8.77. The van der Waals surface area contributed by atoms with E-state index in [0.29, 0.717) is 11.8 Å². The number of carbonyl (C=O) groups is 1. The van der Waals surface area contributed by atoms with Gasteiger partial charge < -0.3 is 10.2 Å². The minimum atomic E-state index is 0.395. The summed E-state index contributed by atoms with van der Waals surface area (Å²) >= 11 is 0. The summed E-state index contributed by atoms with van der Waals surface area (Å²) < 4.78 is 0. The third kappa shape index (κ3) is 4.60. The lowest BCUT2D eigenvalue weighted by molar-refractivity contribution is -0.133. The molecule has 18 heavy (non-hydrogen) atoms. The molecule has 0 bridgehead atoms. The van der Waals surface area contributed by atoms with E-state index in [1.54, 1.807) is 0 Å². The first-order valence-electron chi connectivity index (χ1n) is 7.77. The molecule has 104 valence electrons. The number of hydrogen-bond acceptors (Lipinski definition) is 2. The predicted octanol–water partition coefficient (Wildman–Crippen LogP) is 2.41. The van der Waals surface area contributed by atoms with Crippen LogP contribution in [0.2, 0.25) is 0 Å². The van der Waals surface area contributed by atoms with Gasteiger partial charge in [-0.1, -0.05) is 39.0 Å². The number of piperazine rings is 1. The maximum Gasteiger partial charge on any atom is 0.225 e. The van der Waals surface area contributed by atoms with Crippen molar-refractivity contribution < 1.29 is 4.79 Å². The monoisotopic (exact) mass is 252 g/mol. The van der Waals surface area contributed by atoms with E-state index in [4.69, 9.17) is 0 Å². The molecule has 1 N–H and O–H groups in total. The fourth-order valence-corrected chi connectivity index (χ4v) is 2.78. The topological polar surface area (TPSA) is 32.3 Å². The second kappa shape index (κ2) is 7.13. The maximum absolute atomic E-state index is 11.5.